The average Bonchev–Trinajstić information content (AvgIpc) is 3.24. The van der Waals surface area contributed by atoms with Crippen LogP contribution in [0.5, 0.6) is 0 Å². The molecule has 1 aliphatic rings. The molecular formula is C22H23ClN4OS. The Morgan fingerprint density at radius 3 is 2.52 bits per heavy atom. The Bertz CT molecular complexity index is 970. The molecule has 0 aliphatic carbocycles. The van der Waals surface area contributed by atoms with Crippen molar-refractivity contribution in [3.63, 3.8) is 0 Å². The second kappa shape index (κ2) is 8.84. The summed E-state index contributed by atoms with van der Waals surface area (Å²) in [5.41, 5.74) is 2.77. The van der Waals surface area contributed by atoms with Crippen molar-refractivity contribution in [2.75, 3.05) is 43.0 Å². The number of carbonyl (C=O) groups excluding carboxylic acids is 1. The molecule has 1 amide bonds. The van der Waals surface area contributed by atoms with E-state index < -0.39 is 0 Å². The number of carbonyl (C=O) groups is 1. The standard InChI is InChI=1S/C22H23ClN4OS/c1-25(15-17-6-3-2-4-7-17)21(28)20-16-29-22(24-20)27-12-10-26(11-13-27)19-9-5-8-18(23)14-19/h2-9,14,16H,10-13,15H2,1H3. The second-order valence-electron chi connectivity index (χ2n) is 7.12. The van der Waals surface area contributed by atoms with Crippen molar-refractivity contribution in [1.29, 1.82) is 0 Å². The number of amides is 1. The second-order valence-corrected chi connectivity index (χ2v) is 8.39. The van der Waals surface area contributed by atoms with E-state index in [1.54, 1.807) is 4.90 Å². The van der Waals surface area contributed by atoms with E-state index in [0.29, 0.717) is 12.2 Å². The van der Waals surface area contributed by atoms with E-state index in [4.69, 9.17) is 11.6 Å². The summed E-state index contributed by atoms with van der Waals surface area (Å²) in [7, 11) is 1.82. The number of benzene rings is 2. The molecule has 0 atom stereocenters. The number of piperazine rings is 1. The van der Waals surface area contributed by atoms with Crippen LogP contribution in [-0.4, -0.2) is 49.0 Å². The van der Waals surface area contributed by atoms with Crippen LogP contribution in [0.15, 0.2) is 60.0 Å². The average molecular weight is 427 g/mol. The molecule has 1 saturated heterocycles. The molecule has 0 unspecified atom stereocenters. The Balaban J connectivity index is 1.36. The first-order chi connectivity index (χ1) is 14.1. The molecule has 0 bridgehead atoms. The molecule has 0 N–H and O–H groups in total. The highest BCUT2D eigenvalue weighted by molar-refractivity contribution is 7.13. The zero-order valence-electron chi connectivity index (χ0n) is 16.3. The molecule has 3 aromatic rings. The minimum Gasteiger partial charge on any atom is -0.368 e. The summed E-state index contributed by atoms with van der Waals surface area (Å²) in [5.74, 6) is -0.0473. The van der Waals surface area contributed by atoms with Gasteiger partial charge in [0, 0.05) is 55.9 Å². The molecular weight excluding hydrogens is 404 g/mol. The number of hydrogen-bond donors (Lipinski definition) is 0. The van der Waals surface area contributed by atoms with Gasteiger partial charge in [0.25, 0.3) is 5.91 Å². The van der Waals surface area contributed by atoms with Crippen molar-refractivity contribution in [3.05, 3.63) is 76.3 Å². The van der Waals surface area contributed by atoms with Crippen LogP contribution >= 0.6 is 22.9 Å². The largest absolute Gasteiger partial charge is 0.368 e. The minimum atomic E-state index is -0.0473. The summed E-state index contributed by atoms with van der Waals surface area (Å²) in [5, 5.41) is 3.53. The topological polar surface area (TPSA) is 39.7 Å². The van der Waals surface area contributed by atoms with Gasteiger partial charge in [-0.1, -0.05) is 48.0 Å². The number of rotatable bonds is 5. The summed E-state index contributed by atoms with van der Waals surface area (Å²) in [6.07, 6.45) is 0. The fourth-order valence-electron chi connectivity index (χ4n) is 3.46. The zero-order chi connectivity index (χ0) is 20.2. The Labute approximate surface area is 180 Å². The molecule has 1 fully saturated rings. The van der Waals surface area contributed by atoms with Crippen LogP contribution in [0, 0.1) is 0 Å². The van der Waals surface area contributed by atoms with Crippen molar-refractivity contribution >= 4 is 39.7 Å². The maximum atomic E-state index is 12.7. The summed E-state index contributed by atoms with van der Waals surface area (Å²) in [6, 6.07) is 18.0. The van der Waals surface area contributed by atoms with E-state index in [0.717, 1.165) is 47.6 Å². The molecule has 0 radical (unpaired) electrons. The van der Waals surface area contributed by atoms with Gasteiger partial charge in [0.15, 0.2) is 5.13 Å². The van der Waals surface area contributed by atoms with Gasteiger partial charge in [0.05, 0.1) is 0 Å². The lowest BCUT2D eigenvalue weighted by atomic mass is 10.2. The molecule has 0 spiro atoms. The van der Waals surface area contributed by atoms with Crippen molar-refractivity contribution in [3.8, 4) is 0 Å². The van der Waals surface area contributed by atoms with Crippen molar-refractivity contribution in [2.24, 2.45) is 0 Å². The van der Waals surface area contributed by atoms with E-state index in [-0.39, 0.29) is 5.91 Å². The van der Waals surface area contributed by atoms with E-state index in [1.807, 2.05) is 61.0 Å². The normalized spacial score (nSPS) is 14.1. The fraction of sp³-hybridized carbons (Fsp3) is 0.273. The molecule has 2 aromatic carbocycles. The first-order valence-electron chi connectivity index (χ1n) is 9.60. The molecule has 150 valence electrons. The predicted molar refractivity (Wildman–Crippen MR) is 120 cm³/mol. The van der Waals surface area contributed by atoms with Crippen LogP contribution in [0.3, 0.4) is 0 Å². The van der Waals surface area contributed by atoms with Gasteiger partial charge in [-0.25, -0.2) is 4.98 Å². The summed E-state index contributed by atoms with van der Waals surface area (Å²) in [4.78, 5) is 23.7. The van der Waals surface area contributed by atoms with Crippen LogP contribution in [0.25, 0.3) is 0 Å². The molecule has 5 nitrogen and oxygen atoms in total. The Morgan fingerprint density at radius 2 is 1.79 bits per heavy atom. The quantitative estimate of drug-likeness (QED) is 0.606. The molecule has 1 aliphatic heterocycles. The Kier molecular flexibility index (Phi) is 6.02. The van der Waals surface area contributed by atoms with Crippen molar-refractivity contribution < 1.29 is 4.79 Å². The van der Waals surface area contributed by atoms with Crippen LogP contribution in [-0.2, 0) is 6.54 Å². The van der Waals surface area contributed by atoms with Gasteiger partial charge in [-0.05, 0) is 23.8 Å². The highest BCUT2D eigenvalue weighted by Gasteiger charge is 2.22. The maximum absolute atomic E-state index is 12.7. The van der Waals surface area contributed by atoms with Gasteiger partial charge in [-0.3, -0.25) is 4.79 Å². The molecule has 1 aromatic heterocycles. The van der Waals surface area contributed by atoms with E-state index >= 15 is 0 Å². The van der Waals surface area contributed by atoms with Gasteiger partial charge in [-0.2, -0.15) is 0 Å². The SMILES string of the molecule is CN(Cc1ccccc1)C(=O)c1csc(N2CCN(c3cccc(Cl)c3)CC2)n1. The number of anilines is 2. The number of thiazole rings is 1. The third kappa shape index (κ3) is 4.71. The number of halogens is 1. The highest BCUT2D eigenvalue weighted by Crippen LogP contribution is 2.25. The maximum Gasteiger partial charge on any atom is 0.273 e. The number of hydrogen-bond acceptors (Lipinski definition) is 5. The van der Waals surface area contributed by atoms with Gasteiger partial charge in [0.2, 0.25) is 0 Å². The van der Waals surface area contributed by atoms with Crippen LogP contribution < -0.4 is 9.80 Å². The summed E-state index contributed by atoms with van der Waals surface area (Å²) in [6.45, 7) is 4.11. The van der Waals surface area contributed by atoms with Gasteiger partial charge in [0.1, 0.15) is 5.69 Å². The number of aromatic nitrogens is 1. The molecule has 29 heavy (non-hydrogen) atoms. The van der Waals surface area contributed by atoms with E-state index in [2.05, 4.69) is 20.9 Å². The summed E-state index contributed by atoms with van der Waals surface area (Å²) < 4.78 is 0. The van der Waals surface area contributed by atoms with Gasteiger partial charge < -0.3 is 14.7 Å². The molecule has 4 rings (SSSR count). The third-order valence-electron chi connectivity index (χ3n) is 5.04. The highest BCUT2D eigenvalue weighted by atomic mass is 35.5. The first kappa shape index (κ1) is 19.7. The summed E-state index contributed by atoms with van der Waals surface area (Å²) >= 11 is 7.65. The Hall–Kier alpha value is -2.57. The predicted octanol–water partition coefficient (Wildman–Crippen LogP) is 4.40. The number of nitrogens with zero attached hydrogens (tertiary/aromatic N) is 4. The monoisotopic (exact) mass is 426 g/mol. The van der Waals surface area contributed by atoms with Crippen molar-refractivity contribution in [1.82, 2.24) is 9.88 Å². The van der Waals surface area contributed by atoms with Crippen LogP contribution in [0.1, 0.15) is 16.1 Å². The van der Waals surface area contributed by atoms with Crippen molar-refractivity contribution in [2.45, 2.75) is 6.54 Å². The molecule has 2 heterocycles. The Morgan fingerprint density at radius 1 is 1.07 bits per heavy atom. The van der Waals surface area contributed by atoms with Gasteiger partial charge >= 0.3 is 0 Å². The van der Waals surface area contributed by atoms with Crippen LogP contribution in [0.4, 0.5) is 10.8 Å². The molecule has 7 heteroatoms. The fourth-order valence-corrected chi connectivity index (χ4v) is 4.50. The first-order valence-corrected chi connectivity index (χ1v) is 10.9. The lowest BCUT2D eigenvalue weighted by molar-refractivity contribution is 0.0780. The lowest BCUT2D eigenvalue weighted by Crippen LogP contribution is -2.46. The van der Waals surface area contributed by atoms with Gasteiger partial charge in [-0.15, -0.1) is 11.3 Å². The third-order valence-corrected chi connectivity index (χ3v) is 6.18. The molecule has 0 saturated carbocycles. The smallest absolute Gasteiger partial charge is 0.273 e. The van der Waals surface area contributed by atoms with E-state index in [1.165, 1.54) is 11.3 Å². The van der Waals surface area contributed by atoms with E-state index in [9.17, 15) is 4.79 Å². The van der Waals surface area contributed by atoms with Crippen LogP contribution in [0.2, 0.25) is 5.02 Å². The zero-order valence-corrected chi connectivity index (χ0v) is 17.9. The lowest BCUT2D eigenvalue weighted by Gasteiger charge is -2.36. The minimum absolute atomic E-state index is 0.0473.